The second-order valence-electron chi connectivity index (χ2n) is 6.32. The molecule has 2 rings (SSSR count). The molecule has 1 aromatic rings. The molecule has 1 amide bonds. The fourth-order valence-electron chi connectivity index (χ4n) is 2.99. The highest BCUT2D eigenvalue weighted by Crippen LogP contribution is 2.37. The third kappa shape index (κ3) is 3.16. The summed E-state index contributed by atoms with van der Waals surface area (Å²) in [5.41, 5.74) is 8.63. The van der Waals surface area contributed by atoms with Crippen LogP contribution >= 0.6 is 0 Å². The van der Waals surface area contributed by atoms with E-state index in [1.165, 1.54) is 24.8 Å². The predicted molar refractivity (Wildman–Crippen MR) is 78.0 cm³/mol. The van der Waals surface area contributed by atoms with Crippen LogP contribution < -0.4 is 11.1 Å². The van der Waals surface area contributed by atoms with Gasteiger partial charge in [0.15, 0.2) is 0 Å². The summed E-state index contributed by atoms with van der Waals surface area (Å²) in [6.07, 6.45) is 3.86. The van der Waals surface area contributed by atoms with E-state index in [4.69, 9.17) is 5.73 Å². The van der Waals surface area contributed by atoms with Crippen molar-refractivity contribution in [3.63, 3.8) is 0 Å². The Morgan fingerprint density at radius 2 is 2.21 bits per heavy atom. The summed E-state index contributed by atoms with van der Waals surface area (Å²) in [4.78, 5) is 11.1. The number of aryl methyl sites for hydroxylation is 1. The zero-order chi connectivity index (χ0) is 14.0. The Kier molecular flexibility index (Phi) is 3.95. The summed E-state index contributed by atoms with van der Waals surface area (Å²) < 4.78 is 0. The zero-order valence-corrected chi connectivity index (χ0v) is 12.1. The van der Waals surface area contributed by atoms with Gasteiger partial charge in [-0.3, -0.25) is 4.79 Å². The lowest BCUT2D eigenvalue weighted by Gasteiger charge is -2.28. The van der Waals surface area contributed by atoms with Crippen LogP contribution in [0.3, 0.4) is 0 Å². The Hall–Kier alpha value is -1.35. The van der Waals surface area contributed by atoms with Gasteiger partial charge in [-0.25, -0.2) is 0 Å². The van der Waals surface area contributed by atoms with E-state index in [-0.39, 0.29) is 5.91 Å². The van der Waals surface area contributed by atoms with Crippen molar-refractivity contribution in [3.05, 3.63) is 34.9 Å². The molecule has 1 aromatic carbocycles. The molecule has 1 aliphatic rings. The first-order valence-electron chi connectivity index (χ1n) is 7.03. The fraction of sp³-hybridized carbons (Fsp3) is 0.562. The van der Waals surface area contributed by atoms with Gasteiger partial charge in [-0.1, -0.05) is 26.3 Å². The predicted octanol–water partition coefficient (Wildman–Crippen LogP) is 2.76. The number of carbonyl (C=O) groups is 1. The molecule has 19 heavy (non-hydrogen) atoms. The first-order chi connectivity index (χ1) is 8.90. The van der Waals surface area contributed by atoms with Gasteiger partial charge < -0.3 is 11.1 Å². The fourth-order valence-corrected chi connectivity index (χ4v) is 2.99. The summed E-state index contributed by atoms with van der Waals surface area (Å²) in [5.74, 6) is -0.362. The van der Waals surface area contributed by atoms with E-state index in [2.05, 4.69) is 19.2 Å². The van der Waals surface area contributed by atoms with Crippen LogP contribution in [-0.2, 0) is 6.54 Å². The van der Waals surface area contributed by atoms with E-state index in [0.717, 1.165) is 12.1 Å². The number of rotatable bonds is 4. The third-order valence-electron chi connectivity index (χ3n) is 4.42. The Morgan fingerprint density at radius 1 is 1.47 bits per heavy atom. The maximum Gasteiger partial charge on any atom is 0.248 e. The van der Waals surface area contributed by atoms with Crippen molar-refractivity contribution < 1.29 is 4.79 Å². The van der Waals surface area contributed by atoms with Gasteiger partial charge >= 0.3 is 0 Å². The molecule has 0 aliphatic heterocycles. The molecule has 1 fully saturated rings. The van der Waals surface area contributed by atoms with Gasteiger partial charge in [0.1, 0.15) is 0 Å². The van der Waals surface area contributed by atoms with Gasteiger partial charge in [-0.15, -0.1) is 0 Å². The molecule has 0 radical (unpaired) electrons. The zero-order valence-electron chi connectivity index (χ0n) is 12.1. The summed E-state index contributed by atoms with van der Waals surface area (Å²) in [7, 11) is 0. The maximum atomic E-state index is 11.1. The number of nitrogens with two attached hydrogens (primary N) is 1. The molecule has 3 heteroatoms. The molecule has 1 unspecified atom stereocenters. The first kappa shape index (κ1) is 14.1. The lowest BCUT2D eigenvalue weighted by atomic mass is 9.87. The molecule has 0 heterocycles. The molecule has 3 N–H and O–H groups in total. The van der Waals surface area contributed by atoms with Crippen LogP contribution in [0.2, 0.25) is 0 Å². The van der Waals surface area contributed by atoms with Crippen molar-refractivity contribution in [1.82, 2.24) is 5.32 Å². The van der Waals surface area contributed by atoms with Gasteiger partial charge in [0.25, 0.3) is 0 Å². The highest BCUT2D eigenvalue weighted by atomic mass is 16.1. The Bertz CT molecular complexity index is 480. The van der Waals surface area contributed by atoms with Crippen LogP contribution in [0.15, 0.2) is 18.2 Å². The van der Waals surface area contributed by atoms with E-state index < -0.39 is 0 Å². The Balaban J connectivity index is 2.02. The van der Waals surface area contributed by atoms with Crippen LogP contribution in [0.1, 0.15) is 54.6 Å². The number of amides is 1. The average Bonchev–Trinajstić information content (AvgIpc) is 2.66. The van der Waals surface area contributed by atoms with Crippen LogP contribution in [-0.4, -0.2) is 11.9 Å². The van der Waals surface area contributed by atoms with E-state index in [0.29, 0.717) is 17.0 Å². The van der Waals surface area contributed by atoms with Crippen molar-refractivity contribution >= 4 is 5.91 Å². The van der Waals surface area contributed by atoms with E-state index in [1.807, 2.05) is 25.1 Å². The molecule has 1 saturated carbocycles. The quantitative estimate of drug-likeness (QED) is 0.874. The van der Waals surface area contributed by atoms with E-state index >= 15 is 0 Å². The lowest BCUT2D eigenvalue weighted by molar-refractivity contribution is 0.1000. The van der Waals surface area contributed by atoms with Crippen molar-refractivity contribution in [1.29, 1.82) is 0 Å². The van der Waals surface area contributed by atoms with E-state index in [9.17, 15) is 4.79 Å². The minimum Gasteiger partial charge on any atom is -0.366 e. The Labute approximate surface area is 115 Å². The number of hydrogen-bond donors (Lipinski definition) is 2. The van der Waals surface area contributed by atoms with Gasteiger partial charge in [0.05, 0.1) is 0 Å². The minimum atomic E-state index is -0.362. The molecule has 0 bridgehead atoms. The molecule has 104 valence electrons. The number of carbonyl (C=O) groups excluding carboxylic acids is 1. The monoisotopic (exact) mass is 260 g/mol. The standard InChI is InChI=1S/C16H24N2O/c1-11-9-12(15(17)19)6-7-13(11)10-18-14-5-4-8-16(14,2)3/h6-7,9,14,18H,4-5,8,10H2,1-3H3,(H2,17,19). The number of benzene rings is 1. The normalized spacial score (nSPS) is 21.5. The van der Waals surface area contributed by atoms with Gasteiger partial charge in [-0.2, -0.15) is 0 Å². The van der Waals surface area contributed by atoms with Crippen molar-refractivity contribution in [2.45, 2.75) is 52.6 Å². The summed E-state index contributed by atoms with van der Waals surface area (Å²) in [6.45, 7) is 7.56. The molecular formula is C16H24N2O. The minimum absolute atomic E-state index is 0.362. The topological polar surface area (TPSA) is 55.1 Å². The van der Waals surface area contributed by atoms with Crippen LogP contribution in [0.25, 0.3) is 0 Å². The smallest absolute Gasteiger partial charge is 0.248 e. The van der Waals surface area contributed by atoms with Gasteiger partial charge in [-0.05, 0) is 48.4 Å². The summed E-state index contributed by atoms with van der Waals surface area (Å²) >= 11 is 0. The van der Waals surface area contributed by atoms with Crippen molar-refractivity contribution in [2.24, 2.45) is 11.1 Å². The molecule has 1 aliphatic carbocycles. The highest BCUT2D eigenvalue weighted by molar-refractivity contribution is 5.93. The van der Waals surface area contributed by atoms with E-state index in [1.54, 1.807) is 0 Å². The van der Waals surface area contributed by atoms with Crippen molar-refractivity contribution in [2.75, 3.05) is 0 Å². The first-order valence-corrected chi connectivity index (χ1v) is 7.03. The van der Waals surface area contributed by atoms with Crippen molar-refractivity contribution in [3.8, 4) is 0 Å². The molecule has 0 saturated heterocycles. The number of hydrogen-bond acceptors (Lipinski definition) is 2. The molecule has 0 aromatic heterocycles. The SMILES string of the molecule is Cc1cc(C(N)=O)ccc1CNC1CCCC1(C)C. The average molecular weight is 260 g/mol. The number of nitrogens with one attached hydrogen (secondary N) is 1. The Morgan fingerprint density at radius 3 is 2.74 bits per heavy atom. The second-order valence-corrected chi connectivity index (χ2v) is 6.32. The van der Waals surface area contributed by atoms with Crippen LogP contribution in [0.5, 0.6) is 0 Å². The second kappa shape index (κ2) is 5.33. The maximum absolute atomic E-state index is 11.1. The highest BCUT2D eigenvalue weighted by Gasteiger charge is 2.33. The lowest BCUT2D eigenvalue weighted by Crippen LogP contribution is -2.37. The van der Waals surface area contributed by atoms with Gasteiger partial charge in [0.2, 0.25) is 5.91 Å². The van der Waals surface area contributed by atoms with Gasteiger partial charge in [0, 0.05) is 18.2 Å². The van der Waals surface area contributed by atoms with Crippen LogP contribution in [0.4, 0.5) is 0 Å². The molecule has 1 atom stereocenters. The molecular weight excluding hydrogens is 236 g/mol. The summed E-state index contributed by atoms with van der Waals surface area (Å²) in [5, 5.41) is 3.66. The molecule has 0 spiro atoms. The van der Waals surface area contributed by atoms with Crippen LogP contribution in [0, 0.1) is 12.3 Å². The summed E-state index contributed by atoms with van der Waals surface area (Å²) in [6, 6.07) is 6.28. The molecule has 3 nitrogen and oxygen atoms in total. The largest absolute Gasteiger partial charge is 0.366 e. The number of primary amides is 1. The third-order valence-corrected chi connectivity index (χ3v) is 4.42.